The van der Waals surface area contributed by atoms with E-state index in [0.717, 1.165) is 17.9 Å². The molecule has 90 valence electrons. The minimum atomic E-state index is 0.216. The zero-order chi connectivity index (χ0) is 12.3. The lowest BCUT2D eigenvalue weighted by atomic mass is 10.3. The Morgan fingerprint density at radius 2 is 2.12 bits per heavy atom. The Bertz CT molecular complexity index is 479. The monoisotopic (exact) mass is 232 g/mol. The molecule has 0 amide bonds. The molecule has 0 saturated carbocycles. The third-order valence-corrected chi connectivity index (χ3v) is 2.51. The zero-order valence-corrected chi connectivity index (χ0v) is 10.3. The fourth-order valence-electron chi connectivity index (χ4n) is 1.49. The van der Waals surface area contributed by atoms with E-state index in [9.17, 15) is 0 Å². The average Bonchev–Trinajstić information content (AvgIpc) is 2.76. The largest absolute Gasteiger partial charge is 0.349 e. The van der Waals surface area contributed by atoms with Gasteiger partial charge in [0.2, 0.25) is 5.95 Å². The number of nitrogens with one attached hydrogen (secondary N) is 1. The number of hydrogen-bond donors (Lipinski definition) is 1. The minimum Gasteiger partial charge on any atom is -0.349 e. The molecule has 1 atom stereocenters. The molecule has 0 spiro atoms. The van der Waals surface area contributed by atoms with Crippen molar-refractivity contribution in [3.05, 3.63) is 30.1 Å². The van der Waals surface area contributed by atoms with Crippen molar-refractivity contribution in [3.63, 3.8) is 0 Å². The number of anilines is 1. The Morgan fingerprint density at radius 3 is 2.76 bits per heavy atom. The highest BCUT2D eigenvalue weighted by Crippen LogP contribution is 2.04. The van der Waals surface area contributed by atoms with E-state index < -0.39 is 0 Å². The Hall–Kier alpha value is -1.98. The van der Waals surface area contributed by atoms with Crippen LogP contribution in [0.2, 0.25) is 0 Å². The molecular formula is C11H16N6. The Kier molecular flexibility index (Phi) is 3.32. The highest BCUT2D eigenvalue weighted by molar-refractivity contribution is 5.25. The summed E-state index contributed by atoms with van der Waals surface area (Å²) in [5.74, 6) is 0.570. The van der Waals surface area contributed by atoms with Crippen molar-refractivity contribution < 1.29 is 0 Å². The van der Waals surface area contributed by atoms with Crippen LogP contribution in [0.4, 0.5) is 5.95 Å². The van der Waals surface area contributed by atoms with Crippen LogP contribution >= 0.6 is 0 Å². The molecule has 0 bridgehead atoms. The molecule has 6 nitrogen and oxygen atoms in total. The number of hydrogen-bond acceptors (Lipinski definition) is 5. The van der Waals surface area contributed by atoms with Crippen molar-refractivity contribution in [2.75, 3.05) is 5.32 Å². The first-order valence-electron chi connectivity index (χ1n) is 5.55. The summed E-state index contributed by atoms with van der Waals surface area (Å²) >= 11 is 0. The molecule has 1 N–H and O–H groups in total. The van der Waals surface area contributed by atoms with Crippen molar-refractivity contribution in [3.8, 4) is 0 Å². The van der Waals surface area contributed by atoms with Crippen LogP contribution in [-0.2, 0) is 6.54 Å². The molecule has 0 radical (unpaired) electrons. The second-order valence-electron chi connectivity index (χ2n) is 4.11. The minimum absolute atomic E-state index is 0.216. The van der Waals surface area contributed by atoms with E-state index in [4.69, 9.17) is 0 Å². The van der Waals surface area contributed by atoms with E-state index in [1.807, 2.05) is 24.6 Å². The van der Waals surface area contributed by atoms with Crippen molar-refractivity contribution >= 4 is 5.95 Å². The number of nitrogens with zero attached hydrogens (tertiary/aromatic N) is 5. The van der Waals surface area contributed by atoms with Gasteiger partial charge in [0.05, 0.1) is 17.7 Å². The molecule has 17 heavy (non-hydrogen) atoms. The number of rotatable bonds is 4. The van der Waals surface area contributed by atoms with Crippen LogP contribution in [0.15, 0.2) is 18.7 Å². The van der Waals surface area contributed by atoms with Crippen LogP contribution < -0.4 is 5.32 Å². The summed E-state index contributed by atoms with van der Waals surface area (Å²) in [6.07, 6.45) is 5.48. The van der Waals surface area contributed by atoms with Gasteiger partial charge in [-0.15, -0.1) is 5.10 Å². The number of aromatic nitrogens is 5. The first kappa shape index (κ1) is 11.5. The fraction of sp³-hybridized carbons (Fsp3) is 0.455. The van der Waals surface area contributed by atoms with Crippen molar-refractivity contribution in [1.29, 1.82) is 0 Å². The first-order chi connectivity index (χ1) is 8.15. The molecule has 2 aromatic rings. The lowest BCUT2D eigenvalue weighted by Crippen LogP contribution is -2.23. The molecule has 2 aromatic heterocycles. The molecule has 0 aliphatic heterocycles. The van der Waals surface area contributed by atoms with Crippen LogP contribution in [0.25, 0.3) is 0 Å². The highest BCUT2D eigenvalue weighted by Gasteiger charge is 2.06. The van der Waals surface area contributed by atoms with Gasteiger partial charge in [0.25, 0.3) is 0 Å². The first-order valence-corrected chi connectivity index (χ1v) is 5.55. The SMILES string of the molecule is Cc1nnc(NC(C)Cn2ccnc2)nc1C. The van der Waals surface area contributed by atoms with Gasteiger partial charge in [0, 0.05) is 25.0 Å². The van der Waals surface area contributed by atoms with Gasteiger partial charge in [-0.2, -0.15) is 5.10 Å². The summed E-state index contributed by atoms with van der Waals surface area (Å²) < 4.78 is 2.01. The van der Waals surface area contributed by atoms with E-state index in [2.05, 4.69) is 32.4 Å². The summed E-state index contributed by atoms with van der Waals surface area (Å²) in [5.41, 5.74) is 1.76. The van der Waals surface area contributed by atoms with Crippen LogP contribution in [0.5, 0.6) is 0 Å². The molecule has 1 unspecified atom stereocenters. The standard InChI is InChI=1S/C11H16N6/c1-8(6-17-5-4-12-7-17)13-11-14-9(2)10(3)15-16-11/h4-5,7-8H,6H2,1-3H3,(H,13,14,16). The van der Waals surface area contributed by atoms with E-state index >= 15 is 0 Å². The van der Waals surface area contributed by atoms with Crippen molar-refractivity contribution in [2.24, 2.45) is 0 Å². The van der Waals surface area contributed by atoms with Gasteiger partial charge in [-0.3, -0.25) is 0 Å². The number of imidazole rings is 1. The number of aryl methyl sites for hydroxylation is 2. The fourth-order valence-corrected chi connectivity index (χ4v) is 1.49. The molecule has 2 rings (SSSR count). The predicted octanol–water partition coefficient (Wildman–Crippen LogP) is 1.19. The molecular weight excluding hydrogens is 216 g/mol. The molecule has 0 aliphatic carbocycles. The van der Waals surface area contributed by atoms with Gasteiger partial charge in [-0.05, 0) is 20.8 Å². The molecule has 0 saturated heterocycles. The third-order valence-electron chi connectivity index (χ3n) is 2.51. The maximum absolute atomic E-state index is 4.33. The normalized spacial score (nSPS) is 12.4. The van der Waals surface area contributed by atoms with Gasteiger partial charge in [0.1, 0.15) is 0 Å². The third kappa shape index (κ3) is 2.99. The van der Waals surface area contributed by atoms with Gasteiger partial charge in [0.15, 0.2) is 0 Å². The molecule has 6 heteroatoms. The second-order valence-corrected chi connectivity index (χ2v) is 4.11. The zero-order valence-electron chi connectivity index (χ0n) is 10.3. The molecule has 0 aromatic carbocycles. The van der Waals surface area contributed by atoms with Crippen molar-refractivity contribution in [1.82, 2.24) is 24.7 Å². The summed E-state index contributed by atoms with van der Waals surface area (Å²) in [7, 11) is 0. The lowest BCUT2D eigenvalue weighted by Gasteiger charge is -2.14. The molecule has 2 heterocycles. The molecule has 0 fully saturated rings. The summed E-state index contributed by atoms with van der Waals surface area (Å²) in [5, 5.41) is 11.3. The smallest absolute Gasteiger partial charge is 0.243 e. The average molecular weight is 232 g/mol. The highest BCUT2D eigenvalue weighted by atomic mass is 15.3. The van der Waals surface area contributed by atoms with E-state index in [-0.39, 0.29) is 6.04 Å². The lowest BCUT2D eigenvalue weighted by molar-refractivity contribution is 0.612. The second kappa shape index (κ2) is 4.90. The molecule has 0 aliphatic rings. The Labute approximate surface area is 100 Å². The van der Waals surface area contributed by atoms with Gasteiger partial charge >= 0.3 is 0 Å². The van der Waals surface area contributed by atoms with Crippen LogP contribution in [-0.4, -0.2) is 30.8 Å². The predicted molar refractivity (Wildman–Crippen MR) is 64.6 cm³/mol. The van der Waals surface area contributed by atoms with Crippen molar-refractivity contribution in [2.45, 2.75) is 33.4 Å². The summed E-state index contributed by atoms with van der Waals surface area (Å²) in [4.78, 5) is 8.33. The van der Waals surface area contributed by atoms with E-state index in [1.54, 1.807) is 12.5 Å². The van der Waals surface area contributed by atoms with Crippen LogP contribution in [0.1, 0.15) is 18.3 Å². The van der Waals surface area contributed by atoms with Gasteiger partial charge in [-0.25, -0.2) is 9.97 Å². The van der Waals surface area contributed by atoms with E-state index in [0.29, 0.717) is 5.95 Å². The topological polar surface area (TPSA) is 68.5 Å². The van der Waals surface area contributed by atoms with E-state index in [1.165, 1.54) is 0 Å². The Balaban J connectivity index is 1.98. The maximum atomic E-state index is 4.33. The Morgan fingerprint density at radius 1 is 1.29 bits per heavy atom. The van der Waals surface area contributed by atoms with Gasteiger partial charge in [-0.1, -0.05) is 0 Å². The summed E-state index contributed by atoms with van der Waals surface area (Å²) in [6, 6.07) is 0.216. The summed E-state index contributed by atoms with van der Waals surface area (Å²) in [6.45, 7) is 6.71. The maximum Gasteiger partial charge on any atom is 0.243 e. The van der Waals surface area contributed by atoms with Crippen LogP contribution in [0.3, 0.4) is 0 Å². The van der Waals surface area contributed by atoms with Crippen LogP contribution in [0, 0.1) is 13.8 Å². The van der Waals surface area contributed by atoms with Gasteiger partial charge < -0.3 is 9.88 Å². The quantitative estimate of drug-likeness (QED) is 0.857.